The van der Waals surface area contributed by atoms with Crippen molar-refractivity contribution < 1.29 is 28.8 Å². The maximum absolute atomic E-state index is 12.3. The van der Waals surface area contributed by atoms with E-state index < -0.39 is 41.1 Å². The van der Waals surface area contributed by atoms with Crippen LogP contribution in [0.3, 0.4) is 0 Å². The van der Waals surface area contributed by atoms with E-state index in [0.29, 0.717) is 5.69 Å². The molecule has 0 bridgehead atoms. The third-order valence-corrected chi connectivity index (χ3v) is 5.04. The second kappa shape index (κ2) is 9.90. The van der Waals surface area contributed by atoms with Gasteiger partial charge in [0, 0.05) is 29.8 Å². The highest BCUT2D eigenvalue weighted by Crippen LogP contribution is 2.19. The van der Waals surface area contributed by atoms with Crippen molar-refractivity contribution in [1.29, 1.82) is 0 Å². The number of nitrogens with zero attached hydrogens (tertiary/aromatic N) is 2. The molecule has 3 amide bonds. The van der Waals surface area contributed by atoms with Gasteiger partial charge in [-0.3, -0.25) is 39.7 Å². The lowest BCUT2D eigenvalue weighted by molar-refractivity contribution is -0.384. The summed E-state index contributed by atoms with van der Waals surface area (Å²) in [6.45, 7) is 3.15. The van der Waals surface area contributed by atoms with E-state index in [4.69, 9.17) is 4.74 Å². The Bertz CT molecular complexity index is 1110. The summed E-state index contributed by atoms with van der Waals surface area (Å²) in [6, 6.07) is 10.4. The Balaban J connectivity index is 1.49. The van der Waals surface area contributed by atoms with Gasteiger partial charge in [0.2, 0.25) is 5.91 Å². The van der Waals surface area contributed by atoms with Crippen LogP contribution < -0.4 is 10.7 Å². The lowest BCUT2D eigenvalue weighted by Gasteiger charge is -2.17. The summed E-state index contributed by atoms with van der Waals surface area (Å²) in [5.41, 5.74) is 4.84. The van der Waals surface area contributed by atoms with Crippen molar-refractivity contribution in [2.45, 2.75) is 20.3 Å². The molecule has 0 aromatic heterocycles. The minimum atomic E-state index is -0.844. The van der Waals surface area contributed by atoms with Gasteiger partial charge < -0.3 is 10.1 Å². The average molecular weight is 454 g/mol. The largest absolute Gasteiger partial charge is 0.455 e. The number of carbonyl (C=O) groups excluding carboxylic acids is 4. The maximum Gasteiger partial charge on any atom is 0.311 e. The van der Waals surface area contributed by atoms with Crippen LogP contribution in [0.25, 0.3) is 0 Å². The molecule has 0 aliphatic carbocycles. The van der Waals surface area contributed by atoms with Crippen molar-refractivity contribution in [3.63, 3.8) is 0 Å². The second-order valence-electron chi connectivity index (χ2n) is 7.62. The normalized spacial score (nSPS) is 15.2. The van der Waals surface area contributed by atoms with Gasteiger partial charge in [-0.25, -0.2) is 0 Å². The van der Waals surface area contributed by atoms with Crippen LogP contribution in [0.2, 0.25) is 0 Å². The number of nitrogens with one attached hydrogen (secondary N) is 2. The summed E-state index contributed by atoms with van der Waals surface area (Å²) in [5, 5.41) is 14.4. The molecule has 0 saturated carbocycles. The fourth-order valence-electron chi connectivity index (χ4n) is 3.29. The van der Waals surface area contributed by atoms with Gasteiger partial charge in [-0.05, 0) is 37.6 Å². The first kappa shape index (κ1) is 23.4. The summed E-state index contributed by atoms with van der Waals surface area (Å²) in [4.78, 5) is 59.0. The molecule has 1 atom stereocenters. The van der Waals surface area contributed by atoms with Gasteiger partial charge in [-0.2, -0.15) is 0 Å². The van der Waals surface area contributed by atoms with Gasteiger partial charge in [-0.1, -0.05) is 17.7 Å². The van der Waals surface area contributed by atoms with Crippen molar-refractivity contribution in [2.75, 3.05) is 18.5 Å². The summed E-state index contributed by atoms with van der Waals surface area (Å²) in [7, 11) is 0. The van der Waals surface area contributed by atoms with E-state index in [1.54, 1.807) is 6.07 Å². The van der Waals surface area contributed by atoms with Crippen LogP contribution in [-0.4, -0.2) is 46.8 Å². The number of hydrogen-bond donors (Lipinski definition) is 2. The summed E-state index contributed by atoms with van der Waals surface area (Å²) >= 11 is 0. The van der Waals surface area contributed by atoms with Crippen molar-refractivity contribution in [3.05, 3.63) is 69.3 Å². The number of rotatable bonds is 7. The Hall–Kier alpha value is -4.28. The zero-order valence-electron chi connectivity index (χ0n) is 18.0. The highest BCUT2D eigenvalue weighted by Gasteiger charge is 2.36. The highest BCUT2D eigenvalue weighted by molar-refractivity contribution is 5.97. The van der Waals surface area contributed by atoms with Gasteiger partial charge in [0.1, 0.15) is 0 Å². The SMILES string of the molecule is Cc1ccc(NC(=O)COC(=O)[C@@H]2CC(=O)N(NC(=O)c3ccc([N+](=O)[O-])cc3)C2)c(C)c1. The quantitative estimate of drug-likeness (QED) is 0.369. The molecule has 2 N–H and O–H groups in total. The van der Waals surface area contributed by atoms with E-state index in [1.165, 1.54) is 24.3 Å². The molecule has 2 aromatic rings. The predicted molar refractivity (Wildman–Crippen MR) is 116 cm³/mol. The third kappa shape index (κ3) is 5.91. The third-order valence-electron chi connectivity index (χ3n) is 5.04. The van der Waals surface area contributed by atoms with Gasteiger partial charge >= 0.3 is 5.97 Å². The first-order valence-corrected chi connectivity index (χ1v) is 10.0. The first-order valence-electron chi connectivity index (χ1n) is 10.0. The Kier molecular flexibility index (Phi) is 7.01. The number of esters is 1. The predicted octanol–water partition coefficient (Wildman–Crippen LogP) is 1.89. The van der Waals surface area contributed by atoms with Gasteiger partial charge in [0.15, 0.2) is 6.61 Å². The zero-order chi connectivity index (χ0) is 24.1. The van der Waals surface area contributed by atoms with Crippen LogP contribution in [-0.2, 0) is 19.1 Å². The summed E-state index contributed by atoms with van der Waals surface area (Å²) < 4.78 is 5.04. The molecule has 0 unspecified atom stereocenters. The number of anilines is 1. The van der Waals surface area contributed by atoms with Crippen molar-refractivity contribution >= 4 is 35.1 Å². The van der Waals surface area contributed by atoms with Gasteiger partial charge in [0.05, 0.1) is 17.4 Å². The molecule has 1 aliphatic heterocycles. The van der Waals surface area contributed by atoms with Crippen LogP contribution in [0.5, 0.6) is 0 Å². The Morgan fingerprint density at radius 1 is 1.15 bits per heavy atom. The van der Waals surface area contributed by atoms with E-state index in [9.17, 15) is 29.3 Å². The van der Waals surface area contributed by atoms with E-state index in [-0.39, 0.29) is 24.2 Å². The maximum atomic E-state index is 12.3. The molecule has 11 heteroatoms. The lowest BCUT2D eigenvalue weighted by Crippen LogP contribution is -2.43. The number of aryl methyl sites for hydroxylation is 2. The number of hydrogen-bond acceptors (Lipinski definition) is 7. The van der Waals surface area contributed by atoms with Gasteiger partial charge in [-0.15, -0.1) is 0 Å². The number of hydrazine groups is 1. The first-order chi connectivity index (χ1) is 15.6. The number of nitro groups is 1. The molecule has 1 heterocycles. The number of ether oxygens (including phenoxy) is 1. The van der Waals surface area contributed by atoms with Crippen molar-refractivity contribution in [1.82, 2.24) is 10.4 Å². The minimum Gasteiger partial charge on any atom is -0.455 e. The fraction of sp³-hybridized carbons (Fsp3) is 0.273. The number of non-ortho nitro benzene ring substituents is 1. The fourth-order valence-corrected chi connectivity index (χ4v) is 3.29. The zero-order valence-corrected chi connectivity index (χ0v) is 18.0. The molecule has 33 heavy (non-hydrogen) atoms. The molecule has 1 saturated heterocycles. The van der Waals surface area contributed by atoms with Crippen molar-refractivity contribution in [3.8, 4) is 0 Å². The molecule has 11 nitrogen and oxygen atoms in total. The van der Waals surface area contributed by atoms with Crippen LogP contribution in [0, 0.1) is 29.9 Å². The Labute approximate surface area is 188 Å². The van der Waals surface area contributed by atoms with Crippen LogP contribution >= 0.6 is 0 Å². The molecule has 0 spiro atoms. The summed E-state index contributed by atoms with van der Waals surface area (Å²) in [5.74, 6) is -3.23. The molecule has 1 fully saturated rings. The summed E-state index contributed by atoms with van der Waals surface area (Å²) in [6.07, 6.45) is -0.182. The van der Waals surface area contributed by atoms with Crippen LogP contribution in [0.4, 0.5) is 11.4 Å². The topological polar surface area (TPSA) is 148 Å². The standard InChI is InChI=1S/C22H22N4O7/c1-13-3-8-18(14(2)9-13)23-19(27)12-33-22(30)16-10-20(28)25(11-16)24-21(29)15-4-6-17(7-5-15)26(31)32/h3-9,16H,10-12H2,1-2H3,(H,23,27)(H,24,29)/t16-/m1/s1. The number of amides is 3. The molecular formula is C22H22N4O7. The van der Waals surface area contributed by atoms with Crippen LogP contribution in [0.15, 0.2) is 42.5 Å². The lowest BCUT2D eigenvalue weighted by atomic mass is 10.1. The number of nitro benzene ring substituents is 1. The van der Waals surface area contributed by atoms with E-state index in [2.05, 4.69) is 10.7 Å². The molecule has 1 aliphatic rings. The number of benzene rings is 2. The smallest absolute Gasteiger partial charge is 0.311 e. The molecule has 0 radical (unpaired) electrons. The van der Waals surface area contributed by atoms with E-state index in [1.807, 2.05) is 26.0 Å². The second-order valence-corrected chi connectivity index (χ2v) is 7.62. The average Bonchev–Trinajstić information content (AvgIpc) is 3.14. The van der Waals surface area contributed by atoms with Crippen molar-refractivity contribution in [2.24, 2.45) is 5.92 Å². The van der Waals surface area contributed by atoms with E-state index >= 15 is 0 Å². The Morgan fingerprint density at radius 2 is 1.85 bits per heavy atom. The van der Waals surface area contributed by atoms with E-state index in [0.717, 1.165) is 16.1 Å². The molecule has 172 valence electrons. The molecule has 3 rings (SSSR count). The van der Waals surface area contributed by atoms with Crippen LogP contribution in [0.1, 0.15) is 27.9 Å². The minimum absolute atomic E-state index is 0.113. The molecule has 2 aromatic carbocycles. The monoisotopic (exact) mass is 454 g/mol. The van der Waals surface area contributed by atoms with Gasteiger partial charge in [0.25, 0.3) is 17.5 Å². The molecular weight excluding hydrogens is 432 g/mol. The Morgan fingerprint density at radius 3 is 2.48 bits per heavy atom. The highest BCUT2D eigenvalue weighted by atomic mass is 16.6. The number of carbonyl (C=O) groups is 4.